The second-order valence-corrected chi connectivity index (χ2v) is 24.5. The van der Waals surface area contributed by atoms with Gasteiger partial charge in [0.15, 0.2) is 6.10 Å². The van der Waals surface area contributed by atoms with Crippen LogP contribution in [-0.2, 0) is 28.6 Å². The average molecular weight is 1140 g/mol. The minimum absolute atomic E-state index is 0.0731. The lowest BCUT2D eigenvalue weighted by atomic mass is 10.0. The predicted octanol–water partition coefficient (Wildman–Crippen LogP) is 24.9. The number of hydrogen-bond donors (Lipinski definition) is 0. The maximum absolute atomic E-state index is 12.9. The van der Waals surface area contributed by atoms with E-state index in [1.165, 1.54) is 283 Å². The minimum atomic E-state index is -0.778. The molecule has 0 fully saturated rings. The fourth-order valence-electron chi connectivity index (χ4n) is 10.8. The van der Waals surface area contributed by atoms with Gasteiger partial charge in [0.2, 0.25) is 0 Å². The molecule has 0 amide bonds. The fourth-order valence-corrected chi connectivity index (χ4v) is 10.8. The second-order valence-electron chi connectivity index (χ2n) is 24.5. The maximum Gasteiger partial charge on any atom is 0.306 e. The van der Waals surface area contributed by atoms with E-state index in [-0.39, 0.29) is 31.1 Å². The number of carbonyl (C=O) groups is 3. The molecular weight excluding hydrogens is 997 g/mol. The third-order valence-electron chi connectivity index (χ3n) is 16.3. The summed E-state index contributed by atoms with van der Waals surface area (Å²) in [5.41, 5.74) is 0. The largest absolute Gasteiger partial charge is 0.462 e. The molecule has 0 saturated heterocycles. The Morgan fingerprint density at radius 3 is 0.691 bits per heavy atom. The molecule has 1 atom stereocenters. The van der Waals surface area contributed by atoms with Gasteiger partial charge in [0, 0.05) is 19.3 Å². The Kier molecular flexibility index (Phi) is 67.6. The number of esters is 3. The molecule has 0 aromatic carbocycles. The molecule has 81 heavy (non-hydrogen) atoms. The first kappa shape index (κ1) is 78.4. The number of rotatable bonds is 67. The van der Waals surface area contributed by atoms with Gasteiger partial charge < -0.3 is 14.2 Å². The molecule has 0 aromatic rings. The number of unbranched alkanes of at least 4 members (excludes halogenated alkanes) is 48. The van der Waals surface area contributed by atoms with Crippen molar-refractivity contribution in [1.82, 2.24) is 0 Å². The molecule has 1 unspecified atom stereocenters. The van der Waals surface area contributed by atoms with E-state index >= 15 is 0 Å². The zero-order chi connectivity index (χ0) is 58.5. The summed E-state index contributed by atoms with van der Waals surface area (Å²) in [5.74, 6) is -0.861. The van der Waals surface area contributed by atoms with E-state index in [2.05, 4.69) is 69.4 Å². The average Bonchev–Trinajstić information content (AvgIpc) is 3.47. The molecule has 0 radical (unpaired) electrons. The van der Waals surface area contributed by atoms with E-state index in [1.54, 1.807) is 0 Å². The van der Waals surface area contributed by atoms with Gasteiger partial charge in [-0.2, -0.15) is 0 Å². The molecule has 0 heterocycles. The Labute approximate surface area is 505 Å². The number of carbonyl (C=O) groups excluding carboxylic acids is 3. The molecule has 6 heteroatoms. The van der Waals surface area contributed by atoms with Gasteiger partial charge >= 0.3 is 17.9 Å². The molecule has 0 spiro atoms. The highest BCUT2D eigenvalue weighted by atomic mass is 16.6. The predicted molar refractivity (Wildman–Crippen MR) is 353 cm³/mol. The van der Waals surface area contributed by atoms with Crippen molar-refractivity contribution in [2.24, 2.45) is 0 Å². The van der Waals surface area contributed by atoms with Crippen molar-refractivity contribution in [3.8, 4) is 0 Å². The molecule has 0 aliphatic rings. The third kappa shape index (κ3) is 68.0. The van der Waals surface area contributed by atoms with Crippen LogP contribution in [0.3, 0.4) is 0 Å². The molecule has 0 aliphatic carbocycles. The Morgan fingerprint density at radius 1 is 0.247 bits per heavy atom. The molecule has 0 saturated carbocycles. The zero-order valence-electron chi connectivity index (χ0n) is 54.6. The van der Waals surface area contributed by atoms with Crippen LogP contribution in [0.4, 0.5) is 0 Å². The molecule has 0 rings (SSSR count). The highest BCUT2D eigenvalue weighted by Crippen LogP contribution is 2.18. The van der Waals surface area contributed by atoms with E-state index in [0.29, 0.717) is 19.3 Å². The summed E-state index contributed by atoms with van der Waals surface area (Å²) in [7, 11) is 0. The lowest BCUT2D eigenvalue weighted by Crippen LogP contribution is -2.30. The molecular formula is C75H138O6. The van der Waals surface area contributed by atoms with Crippen molar-refractivity contribution in [2.45, 2.75) is 399 Å². The summed E-state index contributed by atoms with van der Waals surface area (Å²) < 4.78 is 17.0. The Balaban J connectivity index is 4.18. The van der Waals surface area contributed by atoms with Crippen molar-refractivity contribution in [1.29, 1.82) is 0 Å². The van der Waals surface area contributed by atoms with Crippen LogP contribution in [0.25, 0.3) is 0 Å². The Bertz CT molecular complexity index is 1400. The molecule has 474 valence electrons. The van der Waals surface area contributed by atoms with Gasteiger partial charge in [0.05, 0.1) is 0 Å². The highest BCUT2D eigenvalue weighted by molar-refractivity contribution is 5.71. The minimum Gasteiger partial charge on any atom is -0.462 e. The first-order chi connectivity index (χ1) is 40.0. The normalized spacial score (nSPS) is 12.3. The van der Waals surface area contributed by atoms with Gasteiger partial charge in [-0.3, -0.25) is 14.4 Å². The lowest BCUT2D eigenvalue weighted by molar-refractivity contribution is -0.167. The van der Waals surface area contributed by atoms with Crippen LogP contribution < -0.4 is 0 Å². The van der Waals surface area contributed by atoms with Crippen molar-refractivity contribution < 1.29 is 28.6 Å². The summed E-state index contributed by atoms with van der Waals surface area (Å²) in [6.07, 6.45) is 88.6. The maximum atomic E-state index is 12.9. The summed E-state index contributed by atoms with van der Waals surface area (Å²) in [5, 5.41) is 0. The van der Waals surface area contributed by atoms with E-state index in [4.69, 9.17) is 14.2 Å². The zero-order valence-corrected chi connectivity index (χ0v) is 54.6. The van der Waals surface area contributed by atoms with Gasteiger partial charge in [-0.15, -0.1) is 0 Å². The summed E-state index contributed by atoms with van der Waals surface area (Å²) in [6.45, 7) is 6.67. The summed E-state index contributed by atoms with van der Waals surface area (Å²) in [6, 6.07) is 0. The molecule has 0 aromatic heterocycles. The first-order valence-corrected chi connectivity index (χ1v) is 36.1. The Morgan fingerprint density at radius 2 is 0.444 bits per heavy atom. The van der Waals surface area contributed by atoms with Crippen molar-refractivity contribution >= 4 is 17.9 Å². The fraction of sp³-hybridized carbons (Fsp3) is 0.853. The van der Waals surface area contributed by atoms with Crippen molar-refractivity contribution in [3.05, 3.63) is 48.6 Å². The second kappa shape index (κ2) is 69.9. The molecule has 6 nitrogen and oxygen atoms in total. The SMILES string of the molecule is CCCCCCC/C=C\C/C=C\CCCCCCCCCCCCCCCCCCCCCC(=O)OCC(COC(=O)CCCCCCC/C=C\CCCCCCC)OC(=O)CCCCCCCCC/C=C\CCCCCCCCC. The summed E-state index contributed by atoms with van der Waals surface area (Å²) in [4.78, 5) is 38.4. The number of ether oxygens (including phenoxy) is 3. The van der Waals surface area contributed by atoms with Crippen LogP contribution in [0.1, 0.15) is 393 Å². The number of hydrogen-bond acceptors (Lipinski definition) is 6. The van der Waals surface area contributed by atoms with Gasteiger partial charge in [0.25, 0.3) is 0 Å². The smallest absolute Gasteiger partial charge is 0.306 e. The van der Waals surface area contributed by atoms with Crippen LogP contribution in [0.2, 0.25) is 0 Å². The summed E-state index contributed by atoms with van der Waals surface area (Å²) >= 11 is 0. The highest BCUT2D eigenvalue weighted by Gasteiger charge is 2.19. The molecule has 0 bridgehead atoms. The van der Waals surface area contributed by atoms with Gasteiger partial charge in [-0.25, -0.2) is 0 Å². The van der Waals surface area contributed by atoms with Crippen LogP contribution in [-0.4, -0.2) is 37.2 Å². The van der Waals surface area contributed by atoms with E-state index in [0.717, 1.165) is 70.6 Å². The van der Waals surface area contributed by atoms with Gasteiger partial charge in [0.1, 0.15) is 13.2 Å². The van der Waals surface area contributed by atoms with Crippen LogP contribution in [0.5, 0.6) is 0 Å². The first-order valence-electron chi connectivity index (χ1n) is 36.1. The van der Waals surface area contributed by atoms with Gasteiger partial charge in [-0.1, -0.05) is 320 Å². The molecule has 0 aliphatic heterocycles. The van der Waals surface area contributed by atoms with Crippen LogP contribution in [0.15, 0.2) is 48.6 Å². The monoisotopic (exact) mass is 1140 g/mol. The number of allylic oxidation sites excluding steroid dienone is 8. The van der Waals surface area contributed by atoms with Gasteiger partial charge in [-0.05, 0) is 103 Å². The van der Waals surface area contributed by atoms with E-state index in [9.17, 15) is 14.4 Å². The van der Waals surface area contributed by atoms with Crippen molar-refractivity contribution in [3.63, 3.8) is 0 Å². The van der Waals surface area contributed by atoms with Crippen LogP contribution >= 0.6 is 0 Å². The van der Waals surface area contributed by atoms with Crippen molar-refractivity contribution in [2.75, 3.05) is 13.2 Å². The molecule has 0 N–H and O–H groups in total. The van der Waals surface area contributed by atoms with E-state index in [1.807, 2.05) is 0 Å². The third-order valence-corrected chi connectivity index (χ3v) is 16.3. The van der Waals surface area contributed by atoms with E-state index < -0.39 is 6.10 Å². The Hall–Kier alpha value is -2.63. The topological polar surface area (TPSA) is 78.9 Å². The standard InChI is InChI=1S/C75H138O6/c1-4-7-10-13-16-19-22-25-28-30-32-33-34-35-36-37-38-39-40-41-42-43-44-46-47-50-53-56-59-62-65-68-74(77)80-71-72(70-79-73(76)67-64-61-58-55-52-49-27-24-21-18-15-12-9-6-3)81-75(78)69-66-63-60-57-54-51-48-45-31-29-26-23-20-17-14-11-8-5-2/h22,24-25,27,29-32,72H,4-21,23,26,28,33-71H2,1-3H3/b25-22-,27-24-,31-29-,32-30-. The van der Waals surface area contributed by atoms with Crippen LogP contribution in [0, 0.1) is 0 Å². The lowest BCUT2D eigenvalue weighted by Gasteiger charge is -2.18. The quantitative estimate of drug-likeness (QED) is 0.0261.